The molecule has 126 valence electrons. The second-order valence-electron chi connectivity index (χ2n) is 4.78. The Bertz CT molecular complexity index is 634. The molecule has 1 N–H and O–H groups in total. The van der Waals surface area contributed by atoms with E-state index in [1.54, 1.807) is 38.1 Å². The van der Waals surface area contributed by atoms with E-state index in [1.165, 1.54) is 12.2 Å². The SMILES string of the molecule is CCOP(=O)(OCC)[C@](O)(c1ccc(Br)cc1)[C@H]1C=CC(=O)O1. The molecule has 0 spiro atoms. The van der Waals surface area contributed by atoms with Crippen molar-refractivity contribution >= 4 is 29.5 Å². The fourth-order valence-electron chi connectivity index (χ4n) is 2.33. The van der Waals surface area contributed by atoms with E-state index in [1.807, 2.05) is 0 Å². The van der Waals surface area contributed by atoms with Gasteiger partial charge in [0.1, 0.15) is 0 Å². The number of esters is 1. The largest absolute Gasteiger partial charge is 0.451 e. The highest BCUT2D eigenvalue weighted by molar-refractivity contribution is 9.10. The number of rotatable bonds is 7. The van der Waals surface area contributed by atoms with Crippen LogP contribution in [0, 0.1) is 0 Å². The second-order valence-corrected chi connectivity index (χ2v) is 7.89. The lowest BCUT2D eigenvalue weighted by atomic mass is 10.0. The number of carbonyl (C=O) groups is 1. The summed E-state index contributed by atoms with van der Waals surface area (Å²) in [6.45, 7) is 3.43. The normalized spacial score (nSPS) is 20.3. The maximum absolute atomic E-state index is 13.3. The summed E-state index contributed by atoms with van der Waals surface area (Å²) in [4.78, 5) is 11.4. The van der Waals surface area contributed by atoms with Crippen LogP contribution in [0.2, 0.25) is 0 Å². The fourth-order valence-corrected chi connectivity index (χ4v) is 4.66. The van der Waals surface area contributed by atoms with Crippen molar-refractivity contribution in [3.8, 4) is 0 Å². The molecule has 23 heavy (non-hydrogen) atoms. The Labute approximate surface area is 143 Å². The van der Waals surface area contributed by atoms with Crippen molar-refractivity contribution in [1.29, 1.82) is 0 Å². The number of benzene rings is 1. The first kappa shape index (κ1) is 18.4. The lowest BCUT2D eigenvalue weighted by molar-refractivity contribution is -0.146. The number of ether oxygens (including phenoxy) is 1. The Hall–Kier alpha value is -0.980. The highest BCUT2D eigenvalue weighted by Crippen LogP contribution is 2.66. The van der Waals surface area contributed by atoms with Gasteiger partial charge in [0.25, 0.3) is 0 Å². The van der Waals surface area contributed by atoms with Gasteiger partial charge in [-0.3, -0.25) is 4.57 Å². The molecule has 0 bridgehead atoms. The molecule has 6 nitrogen and oxygen atoms in total. The van der Waals surface area contributed by atoms with E-state index < -0.39 is 25.0 Å². The first-order valence-corrected chi connectivity index (χ1v) is 9.47. The first-order chi connectivity index (χ1) is 10.9. The van der Waals surface area contributed by atoms with Crippen molar-refractivity contribution in [2.45, 2.75) is 25.3 Å². The van der Waals surface area contributed by atoms with Crippen LogP contribution in [0.4, 0.5) is 0 Å². The van der Waals surface area contributed by atoms with Gasteiger partial charge < -0.3 is 18.9 Å². The predicted octanol–water partition coefficient (Wildman–Crippen LogP) is 3.34. The molecule has 2 rings (SSSR count). The minimum absolute atomic E-state index is 0.0699. The molecule has 0 radical (unpaired) electrons. The lowest BCUT2D eigenvalue weighted by Gasteiger charge is -2.37. The van der Waals surface area contributed by atoms with Gasteiger partial charge in [0, 0.05) is 10.5 Å². The van der Waals surface area contributed by atoms with E-state index in [-0.39, 0.29) is 18.8 Å². The third-order valence-corrected chi connectivity index (χ3v) is 6.40. The first-order valence-electron chi connectivity index (χ1n) is 7.13. The molecule has 0 saturated carbocycles. The molecule has 1 aromatic rings. The van der Waals surface area contributed by atoms with Crippen LogP contribution < -0.4 is 0 Å². The summed E-state index contributed by atoms with van der Waals surface area (Å²) < 4.78 is 29.8. The van der Waals surface area contributed by atoms with Gasteiger partial charge in [0.05, 0.1) is 13.2 Å². The third kappa shape index (κ3) is 3.44. The summed E-state index contributed by atoms with van der Waals surface area (Å²) >= 11 is 3.30. The van der Waals surface area contributed by atoms with Crippen LogP contribution >= 0.6 is 23.5 Å². The maximum atomic E-state index is 13.3. The zero-order chi connectivity index (χ0) is 17.1. The fraction of sp³-hybridized carbons (Fsp3) is 0.400. The van der Waals surface area contributed by atoms with Gasteiger partial charge in [-0.15, -0.1) is 0 Å². The Balaban J connectivity index is 2.58. The molecule has 2 atom stereocenters. The van der Waals surface area contributed by atoms with Crippen LogP contribution in [0.5, 0.6) is 0 Å². The van der Waals surface area contributed by atoms with Crippen molar-refractivity contribution in [2.75, 3.05) is 13.2 Å². The number of hydrogen-bond acceptors (Lipinski definition) is 6. The summed E-state index contributed by atoms with van der Waals surface area (Å²) in [5.41, 5.74) is 0.273. The van der Waals surface area contributed by atoms with Crippen LogP contribution in [-0.2, 0) is 28.5 Å². The van der Waals surface area contributed by atoms with Gasteiger partial charge in [0.2, 0.25) is 5.34 Å². The second kappa shape index (κ2) is 7.28. The van der Waals surface area contributed by atoms with Gasteiger partial charge >= 0.3 is 13.6 Å². The van der Waals surface area contributed by atoms with E-state index in [4.69, 9.17) is 13.8 Å². The van der Waals surface area contributed by atoms with Gasteiger partial charge in [-0.05, 0) is 37.6 Å². The number of aliphatic hydroxyl groups is 1. The maximum Gasteiger partial charge on any atom is 0.370 e. The van der Waals surface area contributed by atoms with E-state index in [2.05, 4.69) is 15.9 Å². The van der Waals surface area contributed by atoms with Crippen LogP contribution in [0.15, 0.2) is 40.9 Å². The minimum Gasteiger partial charge on any atom is -0.451 e. The minimum atomic E-state index is -4.04. The molecule has 0 aromatic heterocycles. The highest BCUT2D eigenvalue weighted by Gasteiger charge is 2.58. The van der Waals surface area contributed by atoms with Crippen molar-refractivity contribution in [3.05, 3.63) is 46.5 Å². The topological polar surface area (TPSA) is 82.1 Å². The van der Waals surface area contributed by atoms with Crippen LogP contribution in [0.3, 0.4) is 0 Å². The summed E-state index contributed by atoms with van der Waals surface area (Å²) in [6.07, 6.45) is 1.37. The molecule has 0 aliphatic carbocycles. The van der Waals surface area contributed by atoms with E-state index in [0.717, 1.165) is 4.47 Å². The molecular formula is C15H18BrO6P. The van der Waals surface area contributed by atoms with E-state index in [9.17, 15) is 14.5 Å². The summed E-state index contributed by atoms with van der Waals surface area (Å²) in [7, 11) is -4.04. The molecule has 0 amide bonds. The average molecular weight is 405 g/mol. The van der Waals surface area contributed by atoms with E-state index >= 15 is 0 Å². The summed E-state index contributed by atoms with van der Waals surface area (Å²) in [5.74, 6) is -0.620. The van der Waals surface area contributed by atoms with Gasteiger partial charge in [-0.2, -0.15) is 0 Å². The molecular weight excluding hydrogens is 387 g/mol. The quantitative estimate of drug-likeness (QED) is 0.554. The zero-order valence-electron chi connectivity index (χ0n) is 12.8. The molecule has 0 fully saturated rings. The molecule has 1 heterocycles. The smallest absolute Gasteiger partial charge is 0.370 e. The lowest BCUT2D eigenvalue weighted by Crippen LogP contribution is -2.40. The monoisotopic (exact) mass is 404 g/mol. The Morgan fingerprint density at radius 3 is 2.26 bits per heavy atom. The standard InChI is InChI=1S/C15H18BrO6P/c1-3-20-23(19,21-4-2)15(18,13-9-10-14(17)22-13)11-5-7-12(16)8-6-11/h5-10,13,18H,3-4H2,1-2H3/t13-,15-/m1/s1. The van der Waals surface area contributed by atoms with Gasteiger partial charge in [-0.1, -0.05) is 28.1 Å². The Kier molecular flexibility index (Phi) is 5.81. The molecule has 0 unspecified atom stereocenters. The summed E-state index contributed by atoms with van der Waals surface area (Å²) in [6, 6.07) is 6.52. The predicted molar refractivity (Wildman–Crippen MR) is 87.9 cm³/mol. The van der Waals surface area contributed by atoms with Crippen LogP contribution in [0.1, 0.15) is 19.4 Å². The van der Waals surface area contributed by atoms with Gasteiger partial charge in [-0.25, -0.2) is 4.79 Å². The molecule has 8 heteroatoms. The highest BCUT2D eigenvalue weighted by atomic mass is 79.9. The Morgan fingerprint density at radius 1 is 1.26 bits per heavy atom. The third-order valence-electron chi connectivity index (χ3n) is 3.33. The molecule has 1 aliphatic rings. The molecule has 0 saturated heterocycles. The van der Waals surface area contributed by atoms with Crippen LogP contribution in [0.25, 0.3) is 0 Å². The number of cyclic esters (lactones) is 1. The number of hydrogen-bond donors (Lipinski definition) is 1. The van der Waals surface area contributed by atoms with Crippen molar-refractivity contribution in [1.82, 2.24) is 0 Å². The van der Waals surface area contributed by atoms with Crippen molar-refractivity contribution < 1.29 is 28.3 Å². The summed E-state index contributed by atoms with van der Waals surface area (Å²) in [5, 5.41) is 9.18. The van der Waals surface area contributed by atoms with E-state index in [0.29, 0.717) is 0 Å². The molecule has 1 aromatic carbocycles. The zero-order valence-corrected chi connectivity index (χ0v) is 15.2. The average Bonchev–Trinajstić information content (AvgIpc) is 2.94. The Morgan fingerprint density at radius 2 is 1.83 bits per heavy atom. The van der Waals surface area contributed by atoms with Crippen molar-refractivity contribution in [2.24, 2.45) is 0 Å². The number of halogens is 1. The van der Waals surface area contributed by atoms with Crippen molar-refractivity contribution in [3.63, 3.8) is 0 Å². The molecule has 1 aliphatic heterocycles. The van der Waals surface area contributed by atoms with Crippen LogP contribution in [-0.4, -0.2) is 30.4 Å². The number of carbonyl (C=O) groups excluding carboxylic acids is 1. The van der Waals surface area contributed by atoms with Gasteiger partial charge in [0.15, 0.2) is 6.10 Å².